The Morgan fingerprint density at radius 2 is 1.69 bits per heavy atom. The van der Waals surface area contributed by atoms with Crippen molar-refractivity contribution in [1.82, 2.24) is 0 Å². The van der Waals surface area contributed by atoms with E-state index in [-0.39, 0.29) is 11.9 Å². The number of carbonyl (C=O) groups excluding carboxylic acids is 2. The molecule has 1 heterocycles. The van der Waals surface area contributed by atoms with Crippen LogP contribution in [0.3, 0.4) is 0 Å². The Labute approximate surface area is 154 Å². The Kier molecular flexibility index (Phi) is 5.12. The van der Waals surface area contributed by atoms with E-state index in [1.165, 1.54) is 0 Å². The van der Waals surface area contributed by atoms with Crippen LogP contribution in [0.4, 0.5) is 5.69 Å². The third-order valence-corrected chi connectivity index (χ3v) is 4.89. The van der Waals surface area contributed by atoms with Gasteiger partial charge < -0.3 is 9.64 Å². The molecule has 2 atom stereocenters. The smallest absolute Gasteiger partial charge is 0.338 e. The molecule has 3 rings (SSSR count). The predicted octanol–water partition coefficient (Wildman–Crippen LogP) is 4.33. The van der Waals surface area contributed by atoms with E-state index in [2.05, 4.69) is 13.8 Å². The zero-order valence-corrected chi connectivity index (χ0v) is 15.7. The summed E-state index contributed by atoms with van der Waals surface area (Å²) >= 11 is 0. The second kappa shape index (κ2) is 7.32. The molecule has 136 valence electrons. The Morgan fingerprint density at radius 3 is 2.35 bits per heavy atom. The number of para-hydroxylation sites is 1. The number of hydrogen-bond donors (Lipinski definition) is 0. The highest BCUT2D eigenvalue weighted by molar-refractivity contribution is 6.00. The molecule has 0 fully saturated rings. The van der Waals surface area contributed by atoms with Gasteiger partial charge in [0.05, 0.1) is 5.56 Å². The minimum atomic E-state index is -0.833. The average molecular weight is 351 g/mol. The molecule has 0 saturated carbocycles. The van der Waals surface area contributed by atoms with E-state index in [4.69, 9.17) is 4.74 Å². The molecule has 0 aromatic heterocycles. The van der Waals surface area contributed by atoms with Gasteiger partial charge in [0.25, 0.3) is 5.91 Å². The zero-order valence-electron chi connectivity index (χ0n) is 15.7. The van der Waals surface area contributed by atoms with Gasteiger partial charge in [-0.05, 0) is 55.5 Å². The Bertz CT molecular complexity index is 810. The molecule has 1 aliphatic rings. The van der Waals surface area contributed by atoms with Crippen LogP contribution in [0.1, 0.15) is 55.1 Å². The molecule has 0 saturated heterocycles. The van der Waals surface area contributed by atoms with Crippen LogP contribution in [-0.2, 0) is 16.0 Å². The molecular formula is C22H25NO3. The van der Waals surface area contributed by atoms with Crippen molar-refractivity contribution in [3.05, 3.63) is 65.2 Å². The third-order valence-electron chi connectivity index (χ3n) is 4.89. The molecule has 0 aliphatic carbocycles. The van der Waals surface area contributed by atoms with E-state index in [1.54, 1.807) is 24.0 Å². The van der Waals surface area contributed by atoms with Crippen molar-refractivity contribution in [2.45, 2.75) is 52.2 Å². The summed E-state index contributed by atoms with van der Waals surface area (Å²) in [6.07, 6.45) is -0.0138. The first-order valence-electron chi connectivity index (χ1n) is 9.10. The van der Waals surface area contributed by atoms with Gasteiger partial charge in [-0.15, -0.1) is 0 Å². The van der Waals surface area contributed by atoms with Crippen LogP contribution in [0, 0.1) is 0 Å². The van der Waals surface area contributed by atoms with Crippen LogP contribution < -0.4 is 4.90 Å². The van der Waals surface area contributed by atoms with Crippen molar-refractivity contribution in [2.75, 3.05) is 4.90 Å². The maximum atomic E-state index is 12.9. The number of carbonyl (C=O) groups is 2. The molecule has 0 unspecified atom stereocenters. The second-order valence-corrected chi connectivity index (χ2v) is 7.21. The minimum absolute atomic E-state index is 0.0615. The van der Waals surface area contributed by atoms with Crippen molar-refractivity contribution in [3.63, 3.8) is 0 Å². The number of anilines is 1. The molecule has 4 nitrogen and oxygen atoms in total. The van der Waals surface area contributed by atoms with Gasteiger partial charge in [-0.1, -0.05) is 44.2 Å². The van der Waals surface area contributed by atoms with Gasteiger partial charge in [0.2, 0.25) is 0 Å². The first-order valence-corrected chi connectivity index (χ1v) is 9.10. The molecule has 1 aliphatic heterocycles. The SMILES string of the molecule is CC(C)c1ccc(C(=O)O[C@@H](C)C(=O)N2c3ccccc3C[C@@H]2C)cc1. The van der Waals surface area contributed by atoms with Crippen LogP contribution in [0.25, 0.3) is 0 Å². The lowest BCUT2D eigenvalue weighted by Crippen LogP contribution is -2.43. The van der Waals surface area contributed by atoms with Gasteiger partial charge in [0.15, 0.2) is 6.10 Å². The molecular weight excluding hydrogens is 326 g/mol. The van der Waals surface area contributed by atoms with Gasteiger partial charge >= 0.3 is 5.97 Å². The van der Waals surface area contributed by atoms with Crippen LogP contribution in [0.5, 0.6) is 0 Å². The van der Waals surface area contributed by atoms with E-state index in [1.807, 2.05) is 43.3 Å². The normalized spacial score (nSPS) is 17.1. The lowest BCUT2D eigenvalue weighted by atomic mass is 10.0. The highest BCUT2D eigenvalue weighted by Crippen LogP contribution is 2.32. The molecule has 0 bridgehead atoms. The summed E-state index contributed by atoms with van der Waals surface area (Å²) < 4.78 is 5.44. The number of ether oxygens (including phenoxy) is 1. The fourth-order valence-electron chi connectivity index (χ4n) is 3.38. The van der Waals surface area contributed by atoms with Crippen molar-refractivity contribution in [2.24, 2.45) is 0 Å². The lowest BCUT2D eigenvalue weighted by Gasteiger charge is -2.26. The largest absolute Gasteiger partial charge is 0.449 e. The standard InChI is InChI=1S/C22H25NO3/c1-14(2)17-9-11-18(12-10-17)22(25)26-16(4)21(24)23-15(3)13-19-7-5-6-8-20(19)23/h5-12,14-16H,13H2,1-4H3/t15-,16-/m0/s1. The highest BCUT2D eigenvalue weighted by Gasteiger charge is 2.34. The van der Waals surface area contributed by atoms with Gasteiger partial charge in [0.1, 0.15) is 0 Å². The fraction of sp³-hybridized carbons (Fsp3) is 0.364. The van der Waals surface area contributed by atoms with Crippen molar-refractivity contribution >= 4 is 17.6 Å². The van der Waals surface area contributed by atoms with Crippen molar-refractivity contribution in [3.8, 4) is 0 Å². The Balaban J connectivity index is 1.70. The van der Waals surface area contributed by atoms with E-state index >= 15 is 0 Å². The number of benzene rings is 2. The topological polar surface area (TPSA) is 46.6 Å². The van der Waals surface area contributed by atoms with Crippen LogP contribution in [-0.4, -0.2) is 24.0 Å². The minimum Gasteiger partial charge on any atom is -0.449 e. The van der Waals surface area contributed by atoms with E-state index in [0.717, 1.165) is 23.2 Å². The molecule has 26 heavy (non-hydrogen) atoms. The maximum Gasteiger partial charge on any atom is 0.338 e. The van der Waals surface area contributed by atoms with Crippen LogP contribution in [0.15, 0.2) is 48.5 Å². The summed E-state index contributed by atoms with van der Waals surface area (Å²) in [7, 11) is 0. The molecule has 2 aromatic rings. The van der Waals surface area contributed by atoms with E-state index < -0.39 is 12.1 Å². The van der Waals surface area contributed by atoms with Crippen molar-refractivity contribution < 1.29 is 14.3 Å². The van der Waals surface area contributed by atoms with Crippen molar-refractivity contribution in [1.29, 1.82) is 0 Å². The Morgan fingerprint density at radius 1 is 1.04 bits per heavy atom. The number of esters is 1. The summed E-state index contributed by atoms with van der Waals surface area (Å²) in [6, 6.07) is 15.3. The maximum absolute atomic E-state index is 12.9. The predicted molar refractivity (Wildman–Crippen MR) is 103 cm³/mol. The molecule has 4 heteroatoms. The molecule has 0 spiro atoms. The summed E-state index contributed by atoms with van der Waals surface area (Å²) in [5.41, 5.74) is 3.68. The number of nitrogens with zero attached hydrogens (tertiary/aromatic N) is 1. The highest BCUT2D eigenvalue weighted by atomic mass is 16.5. The lowest BCUT2D eigenvalue weighted by molar-refractivity contribution is -0.126. The van der Waals surface area contributed by atoms with E-state index in [0.29, 0.717) is 11.5 Å². The van der Waals surface area contributed by atoms with Gasteiger partial charge in [-0.3, -0.25) is 4.79 Å². The van der Waals surface area contributed by atoms with Gasteiger partial charge in [-0.25, -0.2) is 4.79 Å². The fourth-order valence-corrected chi connectivity index (χ4v) is 3.38. The summed E-state index contributed by atoms with van der Waals surface area (Å²) in [4.78, 5) is 27.0. The van der Waals surface area contributed by atoms with Gasteiger partial charge in [0, 0.05) is 11.7 Å². The third kappa shape index (κ3) is 3.50. The number of rotatable bonds is 4. The molecule has 2 aromatic carbocycles. The first kappa shape index (κ1) is 18.2. The number of amides is 1. The monoisotopic (exact) mass is 351 g/mol. The first-order chi connectivity index (χ1) is 12.4. The summed E-state index contributed by atoms with van der Waals surface area (Å²) in [5, 5.41) is 0. The quantitative estimate of drug-likeness (QED) is 0.770. The summed E-state index contributed by atoms with van der Waals surface area (Å²) in [5.74, 6) is -0.256. The molecule has 0 N–H and O–H groups in total. The second-order valence-electron chi connectivity index (χ2n) is 7.21. The number of hydrogen-bond acceptors (Lipinski definition) is 3. The van der Waals surface area contributed by atoms with Crippen LogP contribution in [0.2, 0.25) is 0 Å². The average Bonchev–Trinajstić information content (AvgIpc) is 2.96. The van der Waals surface area contributed by atoms with Crippen LogP contribution >= 0.6 is 0 Å². The van der Waals surface area contributed by atoms with E-state index in [9.17, 15) is 9.59 Å². The zero-order chi connectivity index (χ0) is 18.8. The Hall–Kier alpha value is -2.62. The molecule has 0 radical (unpaired) electrons. The number of fused-ring (bicyclic) bond motifs is 1. The summed E-state index contributed by atoms with van der Waals surface area (Å²) in [6.45, 7) is 7.85. The van der Waals surface area contributed by atoms with Gasteiger partial charge in [-0.2, -0.15) is 0 Å². The molecule has 1 amide bonds.